The summed E-state index contributed by atoms with van der Waals surface area (Å²) in [7, 11) is 0. The van der Waals surface area contributed by atoms with E-state index in [0.717, 1.165) is 0 Å². The molecule has 1 amide bonds. The second-order valence-corrected chi connectivity index (χ2v) is 15.8. The molecule has 4 heterocycles. The van der Waals surface area contributed by atoms with Crippen molar-refractivity contribution in [3.05, 3.63) is 0 Å². The van der Waals surface area contributed by atoms with E-state index in [9.17, 15) is 55.9 Å². The number of amides is 1. The quantitative estimate of drug-likeness (QED) is 0.0686. The summed E-state index contributed by atoms with van der Waals surface area (Å²) in [5, 5.41) is 116. The Bertz CT molecular complexity index is 1300. The van der Waals surface area contributed by atoms with Crippen molar-refractivity contribution in [1.82, 2.24) is 16.0 Å². The van der Waals surface area contributed by atoms with E-state index in [1.54, 1.807) is 0 Å². The van der Waals surface area contributed by atoms with Crippen molar-refractivity contribution in [2.24, 2.45) is 28.7 Å². The Morgan fingerprint density at radius 1 is 0.759 bits per heavy atom. The molecule has 0 aromatic carbocycles. The second kappa shape index (κ2) is 20.6. The molecule has 23 N–H and O–H groups in total. The highest BCUT2D eigenvalue weighted by molar-refractivity contribution is 5.81. The van der Waals surface area contributed by atoms with E-state index in [4.69, 9.17) is 57.1 Å². The lowest BCUT2D eigenvalue weighted by atomic mass is 9.83. The van der Waals surface area contributed by atoms with Crippen molar-refractivity contribution in [2.75, 3.05) is 45.9 Å². The number of nitrogens with one attached hydrogen (secondary N) is 3. The molecule has 25 heteroatoms. The van der Waals surface area contributed by atoms with Crippen molar-refractivity contribution in [2.45, 2.75) is 153 Å². The van der Waals surface area contributed by atoms with Crippen LogP contribution in [0.3, 0.4) is 0 Å². The molecule has 0 aromatic rings. The van der Waals surface area contributed by atoms with Gasteiger partial charge in [-0.25, -0.2) is 0 Å². The lowest BCUT2D eigenvalue weighted by Crippen LogP contribution is -2.69. The summed E-state index contributed by atoms with van der Waals surface area (Å²) in [6, 6.07) is -5.16. The molecule has 21 atom stereocenters. The first-order valence-corrected chi connectivity index (χ1v) is 19.5. The third kappa shape index (κ3) is 10.6. The van der Waals surface area contributed by atoms with Gasteiger partial charge in [-0.3, -0.25) is 4.79 Å². The number of carbonyl (C=O) groups excluding carboxylic acids is 1. The van der Waals surface area contributed by atoms with Crippen molar-refractivity contribution in [3.63, 3.8) is 0 Å². The van der Waals surface area contributed by atoms with E-state index in [0.29, 0.717) is 25.9 Å². The molecule has 58 heavy (non-hydrogen) atoms. The van der Waals surface area contributed by atoms with Gasteiger partial charge in [0, 0.05) is 32.2 Å². The fraction of sp³-hybridized carbons (Fsp3) is 0.970. The lowest BCUT2D eigenvalue weighted by Gasteiger charge is -2.48. The maximum atomic E-state index is 12.9. The molecule has 5 rings (SSSR count). The highest BCUT2D eigenvalue weighted by Crippen LogP contribution is 2.35. The van der Waals surface area contributed by atoms with E-state index in [1.807, 2.05) is 0 Å². The van der Waals surface area contributed by atoms with Crippen LogP contribution in [-0.2, 0) is 33.2 Å². The van der Waals surface area contributed by atoms with Crippen molar-refractivity contribution >= 4 is 5.91 Å². The summed E-state index contributed by atoms with van der Waals surface area (Å²) in [6.07, 6.45) is -25.3. The van der Waals surface area contributed by atoms with Gasteiger partial charge in [-0.2, -0.15) is 0 Å². The molecule has 0 unspecified atom stereocenters. The predicted molar refractivity (Wildman–Crippen MR) is 194 cm³/mol. The number of ether oxygens (including phenoxy) is 6. The number of piperidine rings is 1. The van der Waals surface area contributed by atoms with Gasteiger partial charge < -0.3 is 124 Å². The largest absolute Gasteiger partial charge is 0.394 e. The minimum Gasteiger partial charge on any atom is -0.394 e. The summed E-state index contributed by atoms with van der Waals surface area (Å²) in [4.78, 5) is 12.9. The van der Waals surface area contributed by atoms with Crippen molar-refractivity contribution < 1.29 is 84.3 Å². The van der Waals surface area contributed by atoms with Crippen molar-refractivity contribution in [1.29, 1.82) is 0 Å². The van der Waals surface area contributed by atoms with Gasteiger partial charge >= 0.3 is 0 Å². The fourth-order valence-corrected chi connectivity index (χ4v) is 7.91. The zero-order valence-corrected chi connectivity index (χ0v) is 31.9. The number of aliphatic hydroxyl groups excluding tert-OH is 9. The van der Waals surface area contributed by atoms with Gasteiger partial charge in [-0.15, -0.1) is 0 Å². The number of hydrogen-bond donors (Lipinski definition) is 18. The zero-order chi connectivity index (χ0) is 42.6. The van der Waals surface area contributed by atoms with Crippen LogP contribution in [0.2, 0.25) is 0 Å². The van der Waals surface area contributed by atoms with Gasteiger partial charge in [0.1, 0.15) is 79.4 Å². The summed E-state index contributed by atoms with van der Waals surface area (Å²) in [5.41, 5.74) is 28.9. The molecular formula is C33H64N8O17. The number of nitrogens with two attached hydrogens (primary N) is 5. The van der Waals surface area contributed by atoms with Crippen LogP contribution >= 0.6 is 0 Å². The van der Waals surface area contributed by atoms with E-state index in [1.165, 1.54) is 0 Å². The Balaban J connectivity index is 1.35. The number of carbonyl (C=O) groups is 1. The Morgan fingerprint density at radius 2 is 1.31 bits per heavy atom. The first kappa shape index (κ1) is 47.6. The smallest absolute Gasteiger partial charge is 0.251 e. The second-order valence-electron chi connectivity index (χ2n) is 15.8. The number of aliphatic hydroxyl groups is 10. The van der Waals surface area contributed by atoms with Gasteiger partial charge in [0.25, 0.3) is 5.91 Å². The lowest BCUT2D eigenvalue weighted by molar-refractivity contribution is -0.308. The highest BCUT2D eigenvalue weighted by atomic mass is 16.8. The Kier molecular flexibility index (Phi) is 16.9. The maximum Gasteiger partial charge on any atom is 0.251 e. The topological polar surface area (TPSA) is 441 Å². The molecule has 5 aliphatic rings. The molecule has 1 aliphatic carbocycles. The molecule has 0 radical (unpaired) electrons. The molecule has 4 aliphatic heterocycles. The van der Waals surface area contributed by atoms with Crippen LogP contribution in [0.4, 0.5) is 0 Å². The van der Waals surface area contributed by atoms with Crippen LogP contribution in [0.15, 0.2) is 0 Å². The van der Waals surface area contributed by atoms with Crippen LogP contribution in [0.25, 0.3) is 0 Å². The Morgan fingerprint density at radius 3 is 1.90 bits per heavy atom. The van der Waals surface area contributed by atoms with Crippen molar-refractivity contribution in [3.8, 4) is 0 Å². The van der Waals surface area contributed by atoms with E-state index in [-0.39, 0.29) is 26.1 Å². The molecule has 5 fully saturated rings. The van der Waals surface area contributed by atoms with Crippen LogP contribution in [-0.4, -0.2) is 237 Å². The van der Waals surface area contributed by atoms with E-state index in [2.05, 4.69) is 16.0 Å². The standard InChI is InChI=1S/C33H64N8O17/c34-6-13(43)20(45)29(51)41-12-5-11(36)26(56-31-18(38)24(49)22(47)15(54-31)8-40-10-33(52)1-3-39-4-2-33)28(19(12)44)58-32-25(50)27(16(9-42)55-32)57-30-17(37)23(48)21(46)14(7-35)53-30/h11-28,30-32,39-40,42-50,52H,1-10,34-38H2,(H,41,51)/t11-,12+,13-,14-,15+,16+,17+,18+,19-,20-,21+,22+,23+,24+,25+,26+,27+,28+,30+,31+,32-/m0/s1. The summed E-state index contributed by atoms with van der Waals surface area (Å²) < 4.78 is 35.6. The molecule has 1 saturated carbocycles. The molecule has 0 bridgehead atoms. The average molecular weight is 845 g/mol. The summed E-state index contributed by atoms with van der Waals surface area (Å²) in [6.45, 7) is -0.0986. The van der Waals surface area contributed by atoms with Crippen LogP contribution in [0.5, 0.6) is 0 Å². The highest BCUT2D eigenvalue weighted by Gasteiger charge is 2.55. The molecular weight excluding hydrogens is 780 g/mol. The number of hydrogen-bond acceptors (Lipinski definition) is 24. The summed E-state index contributed by atoms with van der Waals surface area (Å²) in [5.74, 6) is -1.11. The van der Waals surface area contributed by atoms with Gasteiger partial charge in [0.05, 0.1) is 30.3 Å². The third-order valence-electron chi connectivity index (χ3n) is 11.6. The average Bonchev–Trinajstić information content (AvgIpc) is 3.50. The first-order chi connectivity index (χ1) is 27.4. The van der Waals surface area contributed by atoms with Crippen LogP contribution in [0.1, 0.15) is 19.3 Å². The maximum absolute atomic E-state index is 12.9. The van der Waals surface area contributed by atoms with E-state index >= 15 is 0 Å². The van der Waals surface area contributed by atoms with Gasteiger partial charge in [0.15, 0.2) is 25.0 Å². The Hall–Kier alpha value is -1.45. The normalized spacial score (nSPS) is 45.7. The molecule has 4 saturated heterocycles. The minimum atomic E-state index is -1.99. The monoisotopic (exact) mass is 844 g/mol. The molecule has 338 valence electrons. The summed E-state index contributed by atoms with van der Waals surface area (Å²) >= 11 is 0. The molecule has 0 spiro atoms. The van der Waals surface area contributed by atoms with E-state index < -0.39 is 153 Å². The minimum absolute atomic E-state index is 0.0483. The SMILES string of the molecule is NC[C@@H]1O[C@H](O[C@H]2[C@@H](O)[C@H](O[C@@H]3[C@@H](O)[C@H](NC(=O)[C@@H](O)[C@@H](O)CN)C[C@H](N)[C@H]3O[C@H]3O[C@H](CNCC4(O)CCNCC4)[C@@H](O)[C@H](O)[C@H]3N)O[C@@H]2CO)[C@H](N)[C@@H](O)[C@@H]1O. The van der Waals surface area contributed by atoms with Gasteiger partial charge in [-0.05, 0) is 32.4 Å². The zero-order valence-electron chi connectivity index (χ0n) is 31.9. The van der Waals surface area contributed by atoms with Crippen LogP contribution < -0.4 is 44.6 Å². The molecule has 0 aromatic heterocycles. The van der Waals surface area contributed by atoms with Crippen LogP contribution in [0, 0.1) is 0 Å². The number of rotatable bonds is 16. The predicted octanol–water partition coefficient (Wildman–Crippen LogP) is -11.3. The van der Waals surface area contributed by atoms with Gasteiger partial charge in [-0.1, -0.05) is 0 Å². The third-order valence-corrected chi connectivity index (χ3v) is 11.6. The van der Waals surface area contributed by atoms with Gasteiger partial charge in [0.2, 0.25) is 0 Å². The first-order valence-electron chi connectivity index (χ1n) is 19.5. The molecule has 25 nitrogen and oxygen atoms in total. The fourth-order valence-electron chi connectivity index (χ4n) is 7.91. The Labute approximate surface area is 334 Å².